The van der Waals surface area contributed by atoms with Gasteiger partial charge in [-0.25, -0.2) is 13.1 Å². The Labute approximate surface area is 94.6 Å². The Kier molecular flexibility index (Phi) is 7.81. The molecule has 0 aliphatic heterocycles. The zero-order chi connectivity index (χ0) is 11.0. The fourth-order valence-corrected chi connectivity index (χ4v) is 3.14. The highest BCUT2D eigenvalue weighted by Crippen LogP contribution is 2.00. The van der Waals surface area contributed by atoms with Crippen molar-refractivity contribution in [2.45, 2.75) is 25.8 Å². The van der Waals surface area contributed by atoms with Crippen molar-refractivity contribution in [2.24, 2.45) is 0 Å². The number of hydrogen-bond acceptors (Lipinski definition) is 3. The van der Waals surface area contributed by atoms with Crippen molar-refractivity contribution >= 4 is 26.0 Å². The monoisotopic (exact) mass is 287 g/mol. The van der Waals surface area contributed by atoms with Crippen molar-refractivity contribution in [1.29, 1.82) is 0 Å². The van der Waals surface area contributed by atoms with Crippen LogP contribution >= 0.6 is 15.9 Å². The first kappa shape index (κ1) is 14.3. The molecule has 0 rings (SSSR count). The topological polar surface area (TPSA) is 55.4 Å². The minimum absolute atomic E-state index is 0.0115. The summed E-state index contributed by atoms with van der Waals surface area (Å²) in [5, 5.41) is 0.646. The number of halogens is 1. The van der Waals surface area contributed by atoms with Gasteiger partial charge in [0.15, 0.2) is 0 Å². The van der Waals surface area contributed by atoms with Gasteiger partial charge in [0, 0.05) is 25.1 Å². The van der Waals surface area contributed by atoms with Crippen LogP contribution in [-0.2, 0) is 14.8 Å². The van der Waals surface area contributed by atoms with Gasteiger partial charge in [-0.2, -0.15) is 0 Å². The third kappa shape index (κ3) is 6.75. The van der Waals surface area contributed by atoms with Crippen molar-refractivity contribution in [2.75, 3.05) is 24.8 Å². The van der Waals surface area contributed by atoms with Gasteiger partial charge in [0.05, 0.1) is 5.75 Å². The van der Waals surface area contributed by atoms with Gasteiger partial charge >= 0.3 is 0 Å². The van der Waals surface area contributed by atoms with E-state index in [1.807, 2.05) is 6.92 Å². The second-order valence-corrected chi connectivity index (χ2v) is 5.56. The van der Waals surface area contributed by atoms with Crippen molar-refractivity contribution in [3.8, 4) is 0 Å². The van der Waals surface area contributed by atoms with Crippen LogP contribution in [0.25, 0.3) is 0 Å². The maximum Gasteiger partial charge on any atom is 0.211 e. The summed E-state index contributed by atoms with van der Waals surface area (Å²) in [5.41, 5.74) is 0. The molecule has 1 N–H and O–H groups in total. The molecule has 6 heteroatoms. The van der Waals surface area contributed by atoms with Crippen LogP contribution in [0.1, 0.15) is 19.8 Å². The first-order chi connectivity index (χ1) is 6.55. The summed E-state index contributed by atoms with van der Waals surface area (Å²) in [7, 11) is -1.57. The molecule has 0 aliphatic carbocycles. The minimum atomic E-state index is -3.14. The Hall–Kier alpha value is 0.350. The molecular formula is C8H18BrNO3S. The van der Waals surface area contributed by atoms with E-state index in [0.717, 1.165) is 6.42 Å². The molecule has 0 aromatic heterocycles. The molecule has 0 fully saturated rings. The van der Waals surface area contributed by atoms with E-state index in [-0.39, 0.29) is 11.8 Å². The Morgan fingerprint density at radius 2 is 2.14 bits per heavy atom. The Morgan fingerprint density at radius 1 is 1.50 bits per heavy atom. The van der Waals surface area contributed by atoms with Crippen molar-refractivity contribution < 1.29 is 13.2 Å². The van der Waals surface area contributed by atoms with Crippen LogP contribution in [0, 0.1) is 0 Å². The molecule has 0 aromatic carbocycles. The molecule has 1 atom stereocenters. The second kappa shape index (κ2) is 7.62. The van der Waals surface area contributed by atoms with Crippen molar-refractivity contribution in [1.82, 2.24) is 4.72 Å². The molecule has 0 aliphatic rings. The minimum Gasteiger partial charge on any atom is -0.385 e. The van der Waals surface area contributed by atoms with Crippen LogP contribution in [-0.4, -0.2) is 39.3 Å². The lowest BCUT2D eigenvalue weighted by molar-refractivity contribution is 0.199. The Bertz CT molecular complexity index is 227. The number of sulfonamides is 1. The van der Waals surface area contributed by atoms with E-state index in [0.29, 0.717) is 18.4 Å². The molecule has 14 heavy (non-hydrogen) atoms. The van der Waals surface area contributed by atoms with Gasteiger partial charge in [0.25, 0.3) is 0 Å². The fraction of sp³-hybridized carbons (Fsp3) is 1.00. The lowest BCUT2D eigenvalue weighted by atomic mass is 10.3. The quantitative estimate of drug-likeness (QED) is 0.538. The molecule has 0 bridgehead atoms. The normalized spacial score (nSPS) is 14.2. The van der Waals surface area contributed by atoms with Gasteiger partial charge < -0.3 is 4.74 Å². The number of methoxy groups -OCH3 is 1. The van der Waals surface area contributed by atoms with Gasteiger partial charge in [0.2, 0.25) is 10.0 Å². The zero-order valence-electron chi connectivity index (χ0n) is 8.62. The van der Waals surface area contributed by atoms with Gasteiger partial charge in [-0.3, -0.25) is 0 Å². The van der Waals surface area contributed by atoms with Gasteiger partial charge in [-0.05, 0) is 12.8 Å². The SMILES string of the molecule is CCC(CBr)NS(=O)(=O)CCCOC. The highest BCUT2D eigenvalue weighted by Gasteiger charge is 2.14. The highest BCUT2D eigenvalue weighted by molar-refractivity contribution is 9.09. The van der Waals surface area contributed by atoms with Crippen LogP contribution < -0.4 is 4.72 Å². The maximum atomic E-state index is 11.4. The van der Waals surface area contributed by atoms with Crippen LogP contribution in [0.2, 0.25) is 0 Å². The van der Waals surface area contributed by atoms with Crippen LogP contribution in [0.15, 0.2) is 0 Å². The molecule has 0 radical (unpaired) electrons. The van der Waals surface area contributed by atoms with E-state index in [9.17, 15) is 8.42 Å². The third-order valence-corrected chi connectivity index (χ3v) is 4.09. The van der Waals surface area contributed by atoms with E-state index in [4.69, 9.17) is 4.74 Å². The average Bonchev–Trinajstić information content (AvgIpc) is 2.14. The maximum absolute atomic E-state index is 11.4. The molecule has 0 amide bonds. The van der Waals surface area contributed by atoms with E-state index in [1.165, 1.54) is 0 Å². The van der Waals surface area contributed by atoms with E-state index in [1.54, 1.807) is 7.11 Å². The van der Waals surface area contributed by atoms with Crippen LogP contribution in [0.3, 0.4) is 0 Å². The third-order valence-electron chi connectivity index (χ3n) is 1.79. The average molecular weight is 288 g/mol. The summed E-state index contributed by atoms with van der Waals surface area (Å²) >= 11 is 3.26. The lowest BCUT2D eigenvalue weighted by Gasteiger charge is -2.13. The van der Waals surface area contributed by atoms with Crippen LogP contribution in [0.4, 0.5) is 0 Å². The van der Waals surface area contributed by atoms with E-state index >= 15 is 0 Å². The molecule has 4 nitrogen and oxygen atoms in total. The number of nitrogens with one attached hydrogen (secondary N) is 1. The first-order valence-electron chi connectivity index (χ1n) is 4.60. The lowest BCUT2D eigenvalue weighted by Crippen LogP contribution is -2.37. The largest absolute Gasteiger partial charge is 0.385 e. The van der Waals surface area contributed by atoms with Gasteiger partial charge in [0.1, 0.15) is 0 Å². The summed E-state index contributed by atoms with van der Waals surface area (Å²) in [4.78, 5) is 0. The predicted octanol–water partition coefficient (Wildman–Crippen LogP) is 1.12. The van der Waals surface area contributed by atoms with Crippen LogP contribution in [0.5, 0.6) is 0 Å². The molecule has 0 spiro atoms. The molecule has 86 valence electrons. The molecule has 0 heterocycles. The van der Waals surface area contributed by atoms with Gasteiger partial charge in [-0.15, -0.1) is 0 Å². The Morgan fingerprint density at radius 3 is 2.57 bits per heavy atom. The highest BCUT2D eigenvalue weighted by atomic mass is 79.9. The second-order valence-electron chi connectivity index (χ2n) is 3.04. The summed E-state index contributed by atoms with van der Waals surface area (Å²) in [5.74, 6) is 0.129. The number of alkyl halides is 1. The van der Waals surface area contributed by atoms with Gasteiger partial charge in [-0.1, -0.05) is 22.9 Å². The smallest absolute Gasteiger partial charge is 0.211 e. The number of rotatable bonds is 8. The molecule has 0 aromatic rings. The standard InChI is InChI=1S/C8H18BrNO3S/c1-3-8(7-9)10-14(11,12)6-4-5-13-2/h8,10H,3-7H2,1-2H3. The molecule has 0 saturated heterocycles. The predicted molar refractivity (Wildman–Crippen MR) is 61.3 cm³/mol. The number of hydrogen-bond donors (Lipinski definition) is 1. The van der Waals surface area contributed by atoms with E-state index in [2.05, 4.69) is 20.7 Å². The summed E-state index contributed by atoms with van der Waals surface area (Å²) in [6.07, 6.45) is 1.32. The number of ether oxygens (including phenoxy) is 1. The first-order valence-corrected chi connectivity index (χ1v) is 7.38. The molecular weight excluding hydrogens is 270 g/mol. The molecule has 0 saturated carbocycles. The Balaban J connectivity index is 3.93. The van der Waals surface area contributed by atoms with E-state index < -0.39 is 10.0 Å². The molecule has 1 unspecified atom stereocenters. The van der Waals surface area contributed by atoms with Crippen molar-refractivity contribution in [3.63, 3.8) is 0 Å². The zero-order valence-corrected chi connectivity index (χ0v) is 11.0. The summed E-state index contributed by atoms with van der Waals surface area (Å²) < 4.78 is 30.3. The summed E-state index contributed by atoms with van der Waals surface area (Å²) in [6, 6.07) is -0.0115. The summed E-state index contributed by atoms with van der Waals surface area (Å²) in [6.45, 7) is 2.43. The van der Waals surface area contributed by atoms with Crippen molar-refractivity contribution in [3.05, 3.63) is 0 Å². The fourth-order valence-electron chi connectivity index (χ4n) is 0.930.